The quantitative estimate of drug-likeness (QED) is 0.847. The van der Waals surface area contributed by atoms with E-state index in [1.807, 2.05) is 13.2 Å². The van der Waals surface area contributed by atoms with Crippen LogP contribution in [0.5, 0.6) is 0 Å². The van der Waals surface area contributed by atoms with Gasteiger partial charge >= 0.3 is 0 Å². The van der Waals surface area contributed by atoms with Crippen LogP contribution in [0.25, 0.3) is 0 Å². The Hall–Kier alpha value is -0.230. The van der Waals surface area contributed by atoms with Crippen LogP contribution in [-0.2, 0) is 4.79 Å². The van der Waals surface area contributed by atoms with Gasteiger partial charge in [0.05, 0.1) is 4.34 Å². The van der Waals surface area contributed by atoms with Crippen LogP contribution in [0.3, 0.4) is 0 Å². The molecule has 0 aliphatic rings. The summed E-state index contributed by atoms with van der Waals surface area (Å²) in [5.41, 5.74) is 0. The minimum absolute atomic E-state index is 0.0268. The second kappa shape index (κ2) is 7.26. The maximum Gasteiger partial charge on any atom is 0.223 e. The van der Waals surface area contributed by atoms with E-state index in [2.05, 4.69) is 5.32 Å². The van der Waals surface area contributed by atoms with Crippen molar-refractivity contribution >= 4 is 40.6 Å². The van der Waals surface area contributed by atoms with E-state index in [1.165, 1.54) is 11.3 Å². The van der Waals surface area contributed by atoms with Crippen molar-refractivity contribution in [3.63, 3.8) is 0 Å². The molecule has 1 rings (SSSR count). The molecule has 96 valence electrons. The summed E-state index contributed by atoms with van der Waals surface area (Å²) in [7, 11) is 0. The first-order chi connectivity index (χ1) is 8.04. The average molecular weight is 294 g/mol. The number of aliphatic hydroxyl groups excluding tert-OH is 1. The Labute approximate surface area is 115 Å². The molecular formula is C11H16ClNO2S2. The summed E-state index contributed by atoms with van der Waals surface area (Å²) < 4.78 is 0.640. The lowest BCUT2D eigenvalue weighted by atomic mass is 10.2. The zero-order valence-corrected chi connectivity index (χ0v) is 12.2. The number of hydrogen-bond acceptors (Lipinski definition) is 4. The number of thioether (sulfide) groups is 1. The van der Waals surface area contributed by atoms with Gasteiger partial charge in [-0.3, -0.25) is 4.79 Å². The van der Waals surface area contributed by atoms with Crippen LogP contribution in [0.15, 0.2) is 12.1 Å². The molecule has 0 fully saturated rings. The Kier molecular flexibility index (Phi) is 6.33. The van der Waals surface area contributed by atoms with E-state index in [0.29, 0.717) is 4.34 Å². The normalized spacial score (nSPS) is 14.4. The highest BCUT2D eigenvalue weighted by molar-refractivity contribution is 7.98. The Morgan fingerprint density at radius 2 is 2.35 bits per heavy atom. The minimum Gasteiger partial charge on any atom is -0.386 e. The molecule has 0 saturated carbocycles. The zero-order chi connectivity index (χ0) is 12.8. The maximum atomic E-state index is 11.6. The number of carbonyl (C=O) groups excluding carboxylic acids is 1. The van der Waals surface area contributed by atoms with E-state index in [1.54, 1.807) is 23.9 Å². The summed E-state index contributed by atoms with van der Waals surface area (Å²) in [6.07, 6.45) is 1.28. The van der Waals surface area contributed by atoms with Gasteiger partial charge in [-0.25, -0.2) is 0 Å². The van der Waals surface area contributed by atoms with Crippen LogP contribution >= 0.6 is 34.7 Å². The number of carbonyl (C=O) groups is 1. The zero-order valence-electron chi connectivity index (χ0n) is 9.77. The van der Waals surface area contributed by atoms with Gasteiger partial charge in [0.25, 0.3) is 0 Å². The second-order valence-electron chi connectivity index (χ2n) is 3.76. The first-order valence-corrected chi connectivity index (χ1v) is 7.83. The molecule has 0 spiro atoms. The third-order valence-electron chi connectivity index (χ3n) is 2.26. The van der Waals surface area contributed by atoms with E-state index >= 15 is 0 Å². The third-order valence-corrected chi connectivity index (χ3v) is 4.42. The summed E-state index contributed by atoms with van der Waals surface area (Å²) in [6, 6.07) is 3.51. The fourth-order valence-corrected chi connectivity index (χ4v) is 3.00. The molecule has 3 nitrogen and oxygen atoms in total. The van der Waals surface area contributed by atoms with Crippen molar-refractivity contribution in [1.29, 1.82) is 0 Å². The van der Waals surface area contributed by atoms with Crippen LogP contribution in [0.4, 0.5) is 0 Å². The largest absolute Gasteiger partial charge is 0.386 e. The highest BCUT2D eigenvalue weighted by atomic mass is 35.5. The Bertz CT molecular complexity index is 370. The Morgan fingerprint density at radius 3 is 2.88 bits per heavy atom. The van der Waals surface area contributed by atoms with Crippen LogP contribution in [-0.4, -0.2) is 29.6 Å². The predicted octanol–water partition coefficient (Wildman–Crippen LogP) is 2.55. The number of rotatable bonds is 6. The van der Waals surface area contributed by atoms with Crippen molar-refractivity contribution < 1.29 is 9.90 Å². The number of nitrogens with one attached hydrogen (secondary N) is 1. The van der Waals surface area contributed by atoms with Crippen LogP contribution in [0.2, 0.25) is 4.34 Å². The molecule has 1 heterocycles. The maximum absolute atomic E-state index is 11.6. The highest BCUT2D eigenvalue weighted by Crippen LogP contribution is 2.26. The van der Waals surface area contributed by atoms with E-state index < -0.39 is 6.10 Å². The summed E-state index contributed by atoms with van der Waals surface area (Å²) >= 11 is 8.74. The monoisotopic (exact) mass is 293 g/mol. The van der Waals surface area contributed by atoms with E-state index in [0.717, 1.165) is 10.6 Å². The fourth-order valence-electron chi connectivity index (χ4n) is 1.31. The molecule has 0 unspecified atom stereocenters. The van der Waals surface area contributed by atoms with Gasteiger partial charge in [0.1, 0.15) is 6.10 Å². The molecular weight excluding hydrogens is 278 g/mol. The van der Waals surface area contributed by atoms with Crippen LogP contribution < -0.4 is 5.32 Å². The number of thiophene rings is 1. The molecule has 1 aromatic heterocycles. The summed E-state index contributed by atoms with van der Waals surface area (Å²) in [4.78, 5) is 12.4. The minimum atomic E-state index is -0.682. The number of amides is 1. The number of halogens is 1. The van der Waals surface area contributed by atoms with Crippen molar-refractivity contribution in [3.05, 3.63) is 21.3 Å². The van der Waals surface area contributed by atoms with Gasteiger partial charge in [0.2, 0.25) is 5.91 Å². The smallest absolute Gasteiger partial charge is 0.223 e. The summed E-state index contributed by atoms with van der Waals surface area (Å²) in [5, 5.41) is 12.6. The summed E-state index contributed by atoms with van der Waals surface area (Å²) in [6.45, 7) is 2.11. The Balaban J connectivity index is 2.38. The van der Waals surface area contributed by atoms with Crippen molar-refractivity contribution in [2.75, 3.05) is 18.6 Å². The van der Waals surface area contributed by atoms with Crippen LogP contribution in [0.1, 0.15) is 17.9 Å². The molecule has 0 bridgehead atoms. The molecule has 2 N–H and O–H groups in total. The van der Waals surface area contributed by atoms with Crippen molar-refractivity contribution in [2.24, 2.45) is 5.92 Å². The molecule has 6 heteroatoms. The van der Waals surface area contributed by atoms with Crippen LogP contribution in [0, 0.1) is 5.92 Å². The van der Waals surface area contributed by atoms with Crippen molar-refractivity contribution in [3.8, 4) is 0 Å². The van der Waals surface area contributed by atoms with Gasteiger partial charge in [-0.05, 0) is 18.4 Å². The predicted molar refractivity (Wildman–Crippen MR) is 74.8 cm³/mol. The second-order valence-corrected chi connectivity index (χ2v) is 6.42. The Morgan fingerprint density at radius 1 is 1.65 bits per heavy atom. The van der Waals surface area contributed by atoms with E-state index in [-0.39, 0.29) is 18.4 Å². The molecule has 2 atom stereocenters. The van der Waals surface area contributed by atoms with Gasteiger partial charge < -0.3 is 10.4 Å². The van der Waals surface area contributed by atoms with E-state index in [9.17, 15) is 9.90 Å². The third kappa shape index (κ3) is 4.87. The van der Waals surface area contributed by atoms with Gasteiger partial charge in [-0.2, -0.15) is 11.8 Å². The molecule has 0 aliphatic carbocycles. The SMILES string of the molecule is CSC[C@H](C)C(=O)NC[C@@H](O)c1ccc(Cl)s1. The average Bonchev–Trinajstić information content (AvgIpc) is 2.72. The van der Waals surface area contributed by atoms with Gasteiger partial charge in [0.15, 0.2) is 0 Å². The molecule has 0 radical (unpaired) electrons. The lowest BCUT2D eigenvalue weighted by Gasteiger charge is -2.13. The number of hydrogen-bond donors (Lipinski definition) is 2. The lowest BCUT2D eigenvalue weighted by Crippen LogP contribution is -2.33. The molecule has 0 aliphatic heterocycles. The van der Waals surface area contributed by atoms with Gasteiger partial charge in [-0.1, -0.05) is 18.5 Å². The van der Waals surface area contributed by atoms with Crippen molar-refractivity contribution in [1.82, 2.24) is 5.32 Å². The molecule has 1 amide bonds. The molecule has 0 saturated heterocycles. The molecule has 0 aromatic carbocycles. The van der Waals surface area contributed by atoms with Crippen molar-refractivity contribution in [2.45, 2.75) is 13.0 Å². The molecule has 1 aromatic rings. The van der Waals surface area contributed by atoms with Gasteiger partial charge in [-0.15, -0.1) is 11.3 Å². The lowest BCUT2D eigenvalue weighted by molar-refractivity contribution is -0.124. The summed E-state index contributed by atoms with van der Waals surface area (Å²) in [5.74, 6) is 0.720. The first kappa shape index (κ1) is 14.8. The number of aliphatic hydroxyl groups is 1. The standard InChI is InChI=1S/C11H16ClNO2S2/c1-7(6-16-2)11(15)13-5-8(14)9-3-4-10(12)17-9/h3-4,7-8,14H,5-6H2,1-2H3,(H,13,15)/t7-,8+/m0/s1. The first-order valence-electron chi connectivity index (χ1n) is 5.24. The van der Waals surface area contributed by atoms with Gasteiger partial charge in [0, 0.05) is 23.1 Å². The highest BCUT2D eigenvalue weighted by Gasteiger charge is 2.15. The topological polar surface area (TPSA) is 49.3 Å². The molecule has 17 heavy (non-hydrogen) atoms. The fraction of sp³-hybridized carbons (Fsp3) is 0.545. The van der Waals surface area contributed by atoms with E-state index in [4.69, 9.17) is 11.6 Å².